The summed E-state index contributed by atoms with van der Waals surface area (Å²) in [5.41, 5.74) is 7.68. The van der Waals surface area contributed by atoms with Gasteiger partial charge in [0.1, 0.15) is 5.82 Å². The SMILES string of the molecule is Cc1cc(C2(N)CC2C)ccc1F. The van der Waals surface area contributed by atoms with Crippen LogP contribution < -0.4 is 5.73 Å². The maximum Gasteiger partial charge on any atom is 0.126 e. The molecule has 1 fully saturated rings. The Hall–Kier alpha value is -0.890. The molecule has 0 spiro atoms. The lowest BCUT2D eigenvalue weighted by molar-refractivity contribution is 0.610. The van der Waals surface area contributed by atoms with E-state index in [9.17, 15) is 4.39 Å². The zero-order valence-electron chi connectivity index (χ0n) is 7.97. The molecule has 1 aliphatic rings. The molecule has 1 aliphatic carbocycles. The van der Waals surface area contributed by atoms with Gasteiger partial charge in [-0.25, -0.2) is 4.39 Å². The Morgan fingerprint density at radius 1 is 1.54 bits per heavy atom. The minimum Gasteiger partial charge on any atom is -0.321 e. The molecule has 1 aromatic carbocycles. The number of halogens is 1. The standard InChI is InChI=1S/C11H14FN/c1-7-5-9(3-4-10(7)12)11(13)6-8(11)2/h3-5,8H,6,13H2,1-2H3. The van der Waals surface area contributed by atoms with Crippen molar-refractivity contribution in [1.82, 2.24) is 0 Å². The normalized spacial score (nSPS) is 31.8. The molecule has 2 atom stereocenters. The third kappa shape index (κ3) is 1.25. The molecule has 0 aliphatic heterocycles. The van der Waals surface area contributed by atoms with E-state index in [-0.39, 0.29) is 11.4 Å². The van der Waals surface area contributed by atoms with E-state index in [1.807, 2.05) is 6.07 Å². The van der Waals surface area contributed by atoms with Crippen molar-refractivity contribution in [3.05, 3.63) is 35.1 Å². The highest BCUT2D eigenvalue weighted by molar-refractivity contribution is 5.34. The zero-order valence-corrected chi connectivity index (χ0v) is 7.97. The van der Waals surface area contributed by atoms with Crippen LogP contribution in [0, 0.1) is 18.7 Å². The van der Waals surface area contributed by atoms with Crippen LogP contribution in [0.2, 0.25) is 0 Å². The first-order valence-electron chi connectivity index (χ1n) is 4.59. The third-order valence-electron chi connectivity index (χ3n) is 3.06. The Morgan fingerprint density at radius 3 is 2.62 bits per heavy atom. The topological polar surface area (TPSA) is 26.0 Å². The summed E-state index contributed by atoms with van der Waals surface area (Å²) in [6.45, 7) is 3.90. The molecule has 2 N–H and O–H groups in total. The molecule has 1 aromatic rings. The molecule has 2 heteroatoms. The van der Waals surface area contributed by atoms with E-state index in [1.165, 1.54) is 6.07 Å². The maximum atomic E-state index is 13.0. The lowest BCUT2D eigenvalue weighted by Gasteiger charge is -2.11. The molecule has 0 amide bonds. The van der Waals surface area contributed by atoms with Crippen LogP contribution in [0.25, 0.3) is 0 Å². The van der Waals surface area contributed by atoms with E-state index in [0.717, 1.165) is 12.0 Å². The van der Waals surface area contributed by atoms with Gasteiger partial charge >= 0.3 is 0 Å². The van der Waals surface area contributed by atoms with Gasteiger partial charge in [0.25, 0.3) is 0 Å². The summed E-state index contributed by atoms with van der Waals surface area (Å²) in [5.74, 6) is 0.373. The molecular weight excluding hydrogens is 165 g/mol. The molecule has 0 aromatic heterocycles. The van der Waals surface area contributed by atoms with Crippen molar-refractivity contribution in [1.29, 1.82) is 0 Å². The van der Waals surface area contributed by atoms with Gasteiger partial charge in [-0.05, 0) is 36.5 Å². The number of aryl methyl sites for hydroxylation is 1. The van der Waals surface area contributed by atoms with E-state index in [1.54, 1.807) is 13.0 Å². The molecule has 2 rings (SSSR count). The highest BCUT2D eigenvalue weighted by atomic mass is 19.1. The van der Waals surface area contributed by atoms with Crippen LogP contribution in [0.3, 0.4) is 0 Å². The predicted molar refractivity (Wildman–Crippen MR) is 50.8 cm³/mol. The van der Waals surface area contributed by atoms with Crippen molar-refractivity contribution in [3.63, 3.8) is 0 Å². The molecule has 13 heavy (non-hydrogen) atoms. The monoisotopic (exact) mass is 179 g/mol. The minimum atomic E-state index is -0.182. The van der Waals surface area contributed by atoms with Crippen LogP contribution in [0.15, 0.2) is 18.2 Å². The summed E-state index contributed by atoms with van der Waals surface area (Å²) in [6.07, 6.45) is 1.01. The molecular formula is C11H14FN. The number of hydrogen-bond acceptors (Lipinski definition) is 1. The van der Waals surface area contributed by atoms with Gasteiger partial charge in [-0.15, -0.1) is 0 Å². The molecule has 70 valence electrons. The van der Waals surface area contributed by atoms with Crippen LogP contribution in [0.4, 0.5) is 4.39 Å². The summed E-state index contributed by atoms with van der Waals surface area (Å²) in [6, 6.07) is 5.16. The largest absolute Gasteiger partial charge is 0.321 e. The summed E-state index contributed by atoms with van der Waals surface area (Å²) in [5, 5.41) is 0. The van der Waals surface area contributed by atoms with Gasteiger partial charge in [-0.2, -0.15) is 0 Å². The van der Waals surface area contributed by atoms with Gasteiger partial charge in [0, 0.05) is 5.54 Å². The van der Waals surface area contributed by atoms with E-state index in [2.05, 4.69) is 6.92 Å². The van der Waals surface area contributed by atoms with Crippen molar-refractivity contribution in [2.75, 3.05) is 0 Å². The second-order valence-electron chi connectivity index (χ2n) is 4.11. The minimum absolute atomic E-state index is 0.152. The second-order valence-corrected chi connectivity index (χ2v) is 4.11. The maximum absolute atomic E-state index is 13.0. The number of hydrogen-bond donors (Lipinski definition) is 1. The highest BCUT2D eigenvalue weighted by Crippen LogP contribution is 2.49. The predicted octanol–water partition coefficient (Wildman–Crippen LogP) is 2.33. The van der Waals surface area contributed by atoms with Gasteiger partial charge in [0.15, 0.2) is 0 Å². The highest BCUT2D eigenvalue weighted by Gasteiger charge is 2.48. The number of rotatable bonds is 1. The Balaban J connectivity index is 2.38. The molecule has 0 saturated heterocycles. The van der Waals surface area contributed by atoms with E-state index in [0.29, 0.717) is 11.5 Å². The van der Waals surface area contributed by atoms with Crippen molar-refractivity contribution < 1.29 is 4.39 Å². The third-order valence-corrected chi connectivity index (χ3v) is 3.06. The van der Waals surface area contributed by atoms with Crippen molar-refractivity contribution in [2.24, 2.45) is 11.7 Å². The van der Waals surface area contributed by atoms with Crippen LogP contribution in [0.5, 0.6) is 0 Å². The first-order valence-corrected chi connectivity index (χ1v) is 4.59. The van der Waals surface area contributed by atoms with Crippen LogP contribution >= 0.6 is 0 Å². The van der Waals surface area contributed by atoms with Gasteiger partial charge in [0.2, 0.25) is 0 Å². The van der Waals surface area contributed by atoms with Gasteiger partial charge in [-0.3, -0.25) is 0 Å². The van der Waals surface area contributed by atoms with E-state index < -0.39 is 0 Å². The Kier molecular flexibility index (Phi) is 1.70. The fraction of sp³-hybridized carbons (Fsp3) is 0.455. The first-order chi connectivity index (χ1) is 6.04. The molecule has 0 bridgehead atoms. The van der Waals surface area contributed by atoms with Crippen LogP contribution in [0.1, 0.15) is 24.5 Å². The van der Waals surface area contributed by atoms with Crippen LogP contribution in [-0.4, -0.2) is 0 Å². The summed E-state index contributed by atoms with van der Waals surface area (Å²) < 4.78 is 13.0. The lowest BCUT2D eigenvalue weighted by atomic mass is 10.0. The summed E-state index contributed by atoms with van der Waals surface area (Å²) >= 11 is 0. The van der Waals surface area contributed by atoms with Gasteiger partial charge in [0.05, 0.1) is 0 Å². The average Bonchev–Trinajstić information content (AvgIpc) is 2.67. The smallest absolute Gasteiger partial charge is 0.126 e. The summed E-state index contributed by atoms with van der Waals surface area (Å²) in [7, 11) is 0. The van der Waals surface area contributed by atoms with E-state index >= 15 is 0 Å². The molecule has 0 heterocycles. The Morgan fingerprint density at radius 2 is 2.15 bits per heavy atom. The van der Waals surface area contributed by atoms with Crippen molar-refractivity contribution >= 4 is 0 Å². The fourth-order valence-electron chi connectivity index (χ4n) is 1.78. The molecule has 2 unspecified atom stereocenters. The van der Waals surface area contributed by atoms with Crippen molar-refractivity contribution in [3.8, 4) is 0 Å². The van der Waals surface area contributed by atoms with E-state index in [4.69, 9.17) is 5.73 Å². The zero-order chi connectivity index (χ0) is 9.64. The lowest BCUT2D eigenvalue weighted by Crippen LogP contribution is -2.21. The number of nitrogens with two attached hydrogens (primary N) is 1. The summed E-state index contributed by atoms with van der Waals surface area (Å²) in [4.78, 5) is 0. The molecule has 1 saturated carbocycles. The second kappa shape index (κ2) is 2.55. The fourth-order valence-corrected chi connectivity index (χ4v) is 1.78. The van der Waals surface area contributed by atoms with Gasteiger partial charge < -0.3 is 5.73 Å². The van der Waals surface area contributed by atoms with Gasteiger partial charge in [-0.1, -0.05) is 19.1 Å². The molecule has 0 radical (unpaired) electrons. The Labute approximate surface area is 77.8 Å². The average molecular weight is 179 g/mol. The van der Waals surface area contributed by atoms with Crippen LogP contribution in [-0.2, 0) is 5.54 Å². The molecule has 1 nitrogen and oxygen atoms in total. The van der Waals surface area contributed by atoms with Crippen molar-refractivity contribution in [2.45, 2.75) is 25.8 Å². The first kappa shape index (κ1) is 8.70. The number of benzene rings is 1. The quantitative estimate of drug-likeness (QED) is 0.703. The Bertz CT molecular complexity index is 348.